The Labute approximate surface area is 181 Å². The quantitative estimate of drug-likeness (QED) is 0.314. The van der Waals surface area contributed by atoms with E-state index >= 15 is 0 Å². The van der Waals surface area contributed by atoms with Crippen molar-refractivity contribution in [2.24, 2.45) is 4.99 Å². The Balaban J connectivity index is 1.64. The molecule has 1 aliphatic heterocycles. The molecular formula is C22H42N4O4. The summed E-state index contributed by atoms with van der Waals surface area (Å²) in [6.07, 6.45) is 6.81. The van der Waals surface area contributed by atoms with E-state index in [0.29, 0.717) is 12.1 Å². The minimum atomic E-state index is -0.462. The van der Waals surface area contributed by atoms with Crippen molar-refractivity contribution in [3.05, 3.63) is 0 Å². The van der Waals surface area contributed by atoms with E-state index in [1.54, 1.807) is 0 Å². The normalized spacial score (nSPS) is 23.7. The van der Waals surface area contributed by atoms with E-state index in [-0.39, 0.29) is 12.1 Å². The maximum Gasteiger partial charge on any atom is 0.407 e. The molecule has 2 aliphatic rings. The van der Waals surface area contributed by atoms with Crippen LogP contribution in [-0.4, -0.2) is 68.8 Å². The summed E-state index contributed by atoms with van der Waals surface area (Å²) in [4.78, 5) is 16.6. The van der Waals surface area contributed by atoms with Crippen molar-refractivity contribution >= 4 is 12.1 Å². The molecule has 3 N–H and O–H groups in total. The summed E-state index contributed by atoms with van der Waals surface area (Å²) in [6.45, 7) is 11.7. The van der Waals surface area contributed by atoms with E-state index in [2.05, 4.69) is 22.9 Å². The minimum Gasteiger partial charge on any atom is -0.444 e. The number of hydrogen-bond donors (Lipinski definition) is 3. The molecule has 0 unspecified atom stereocenters. The summed E-state index contributed by atoms with van der Waals surface area (Å²) in [5, 5.41) is 9.87. The molecule has 0 aromatic rings. The number of guanidine groups is 1. The van der Waals surface area contributed by atoms with Crippen LogP contribution in [0, 0.1) is 0 Å². The van der Waals surface area contributed by atoms with E-state index in [0.717, 1.165) is 83.8 Å². The van der Waals surface area contributed by atoms with Gasteiger partial charge in [0.2, 0.25) is 0 Å². The zero-order valence-corrected chi connectivity index (χ0v) is 19.3. The molecule has 0 spiro atoms. The number of nitrogens with zero attached hydrogens (tertiary/aromatic N) is 1. The van der Waals surface area contributed by atoms with Gasteiger partial charge in [-0.15, -0.1) is 0 Å². The Kier molecular flexibility index (Phi) is 10.7. The fraction of sp³-hybridized carbons (Fsp3) is 0.909. The van der Waals surface area contributed by atoms with Gasteiger partial charge >= 0.3 is 6.09 Å². The summed E-state index contributed by atoms with van der Waals surface area (Å²) < 4.78 is 16.6. The van der Waals surface area contributed by atoms with Crippen molar-refractivity contribution in [3.63, 3.8) is 0 Å². The number of carbonyl (C=O) groups excluding carboxylic acids is 1. The van der Waals surface area contributed by atoms with Crippen LogP contribution in [0.2, 0.25) is 0 Å². The van der Waals surface area contributed by atoms with Gasteiger partial charge in [0.1, 0.15) is 5.60 Å². The third kappa shape index (κ3) is 10.5. The van der Waals surface area contributed by atoms with Gasteiger partial charge < -0.3 is 30.2 Å². The number of ether oxygens (including phenoxy) is 3. The molecule has 8 nitrogen and oxygen atoms in total. The number of rotatable bonds is 8. The second kappa shape index (κ2) is 13.0. The SMILES string of the molecule is CCNC(=NCCCOC1CCOCC1)NC1CCC(NC(=O)OC(C)(C)C)CC1. The molecule has 2 fully saturated rings. The molecule has 8 heteroatoms. The molecule has 30 heavy (non-hydrogen) atoms. The van der Waals surface area contributed by atoms with Gasteiger partial charge in [-0.05, 0) is 72.6 Å². The lowest BCUT2D eigenvalue weighted by atomic mass is 9.91. The fourth-order valence-corrected chi connectivity index (χ4v) is 3.72. The third-order valence-electron chi connectivity index (χ3n) is 5.23. The zero-order chi connectivity index (χ0) is 21.8. The van der Waals surface area contributed by atoms with Crippen LogP contribution in [0.1, 0.15) is 72.6 Å². The Bertz CT molecular complexity index is 522. The zero-order valence-electron chi connectivity index (χ0n) is 19.3. The second-order valence-electron chi connectivity index (χ2n) is 9.14. The van der Waals surface area contributed by atoms with Gasteiger partial charge in [-0.3, -0.25) is 4.99 Å². The highest BCUT2D eigenvalue weighted by atomic mass is 16.6. The van der Waals surface area contributed by atoms with Gasteiger partial charge in [-0.1, -0.05) is 0 Å². The highest BCUT2D eigenvalue weighted by Crippen LogP contribution is 2.19. The standard InChI is InChI=1S/C22H42N4O4/c1-5-23-20(24-13-6-14-29-19-11-15-28-16-12-19)25-17-7-9-18(10-8-17)26-21(27)30-22(2,3)4/h17-19H,5-16H2,1-4H3,(H,26,27)(H2,23,24,25). The first-order chi connectivity index (χ1) is 14.4. The van der Waals surface area contributed by atoms with Crippen LogP contribution in [0.15, 0.2) is 4.99 Å². The molecule has 1 amide bonds. The lowest BCUT2D eigenvalue weighted by Crippen LogP contribution is -2.48. The van der Waals surface area contributed by atoms with Gasteiger partial charge in [-0.2, -0.15) is 0 Å². The number of carbonyl (C=O) groups is 1. The molecule has 0 radical (unpaired) electrons. The van der Waals surface area contributed by atoms with Crippen LogP contribution in [0.5, 0.6) is 0 Å². The van der Waals surface area contributed by atoms with Crippen molar-refractivity contribution in [2.45, 2.75) is 96.4 Å². The number of alkyl carbamates (subject to hydrolysis) is 1. The van der Waals surface area contributed by atoms with E-state index in [9.17, 15) is 4.79 Å². The predicted molar refractivity (Wildman–Crippen MR) is 119 cm³/mol. The largest absolute Gasteiger partial charge is 0.444 e. The fourth-order valence-electron chi connectivity index (χ4n) is 3.72. The number of amides is 1. The molecule has 0 bridgehead atoms. The average Bonchev–Trinajstić information content (AvgIpc) is 2.68. The first-order valence-electron chi connectivity index (χ1n) is 11.6. The van der Waals surface area contributed by atoms with E-state index in [1.807, 2.05) is 20.8 Å². The molecule has 1 aliphatic carbocycles. The highest BCUT2D eigenvalue weighted by Gasteiger charge is 2.25. The summed E-state index contributed by atoms with van der Waals surface area (Å²) in [6, 6.07) is 0.553. The van der Waals surface area contributed by atoms with Gasteiger partial charge in [0.15, 0.2) is 5.96 Å². The second-order valence-corrected chi connectivity index (χ2v) is 9.14. The smallest absolute Gasteiger partial charge is 0.407 e. The van der Waals surface area contributed by atoms with Crippen LogP contribution in [0.3, 0.4) is 0 Å². The van der Waals surface area contributed by atoms with Crippen molar-refractivity contribution in [2.75, 3.05) is 32.9 Å². The summed E-state index contributed by atoms with van der Waals surface area (Å²) in [7, 11) is 0. The van der Waals surface area contributed by atoms with Crippen LogP contribution in [0.4, 0.5) is 4.79 Å². The highest BCUT2D eigenvalue weighted by molar-refractivity contribution is 5.80. The molecule has 1 heterocycles. The van der Waals surface area contributed by atoms with Crippen LogP contribution in [0.25, 0.3) is 0 Å². The summed E-state index contributed by atoms with van der Waals surface area (Å²) >= 11 is 0. The maximum absolute atomic E-state index is 11.9. The minimum absolute atomic E-state index is 0.180. The van der Waals surface area contributed by atoms with Crippen molar-refractivity contribution in [3.8, 4) is 0 Å². The lowest BCUT2D eigenvalue weighted by molar-refractivity contribution is -0.0318. The molecule has 174 valence electrons. The van der Waals surface area contributed by atoms with Crippen molar-refractivity contribution < 1.29 is 19.0 Å². The first kappa shape index (κ1) is 24.7. The average molecular weight is 427 g/mol. The van der Waals surface area contributed by atoms with E-state index in [1.165, 1.54) is 0 Å². The Morgan fingerprint density at radius 2 is 1.67 bits per heavy atom. The predicted octanol–water partition coefficient (Wildman–Crippen LogP) is 2.96. The first-order valence-corrected chi connectivity index (χ1v) is 11.6. The molecular weight excluding hydrogens is 384 g/mol. The molecule has 1 saturated carbocycles. The number of hydrogen-bond acceptors (Lipinski definition) is 5. The maximum atomic E-state index is 11.9. The van der Waals surface area contributed by atoms with Gasteiger partial charge in [-0.25, -0.2) is 4.79 Å². The Hall–Kier alpha value is -1.54. The van der Waals surface area contributed by atoms with Gasteiger partial charge in [0.25, 0.3) is 0 Å². The molecule has 0 aromatic heterocycles. The van der Waals surface area contributed by atoms with Crippen molar-refractivity contribution in [1.82, 2.24) is 16.0 Å². The van der Waals surface area contributed by atoms with Crippen LogP contribution in [-0.2, 0) is 14.2 Å². The van der Waals surface area contributed by atoms with Gasteiger partial charge in [0.05, 0.1) is 6.10 Å². The van der Waals surface area contributed by atoms with Crippen LogP contribution < -0.4 is 16.0 Å². The topological polar surface area (TPSA) is 93.2 Å². The monoisotopic (exact) mass is 426 g/mol. The van der Waals surface area contributed by atoms with Crippen molar-refractivity contribution in [1.29, 1.82) is 0 Å². The summed E-state index contributed by atoms with van der Waals surface area (Å²) in [5.74, 6) is 0.868. The van der Waals surface area contributed by atoms with Gasteiger partial charge in [0, 0.05) is 45.0 Å². The lowest BCUT2D eigenvalue weighted by Gasteiger charge is -2.31. The molecule has 2 rings (SSSR count). The Morgan fingerprint density at radius 3 is 2.27 bits per heavy atom. The number of nitrogens with one attached hydrogen (secondary N) is 3. The molecule has 0 atom stereocenters. The molecule has 1 saturated heterocycles. The number of aliphatic imine (C=N–C) groups is 1. The van der Waals surface area contributed by atoms with E-state index in [4.69, 9.17) is 19.2 Å². The third-order valence-corrected chi connectivity index (χ3v) is 5.23. The summed E-state index contributed by atoms with van der Waals surface area (Å²) in [5.41, 5.74) is -0.462. The molecule has 0 aromatic carbocycles. The van der Waals surface area contributed by atoms with Crippen LogP contribution >= 0.6 is 0 Å². The Morgan fingerprint density at radius 1 is 1.03 bits per heavy atom. The van der Waals surface area contributed by atoms with E-state index < -0.39 is 5.60 Å².